The molecule has 0 radical (unpaired) electrons. The molecule has 0 atom stereocenters. The van der Waals surface area contributed by atoms with E-state index in [2.05, 4.69) is 39.7 Å². The Hall–Kier alpha value is -1.19. The van der Waals surface area contributed by atoms with E-state index in [4.69, 9.17) is 4.74 Å². The van der Waals surface area contributed by atoms with Gasteiger partial charge in [-0.1, -0.05) is 24.3 Å². The molecule has 2 aromatic rings. The number of benzene rings is 1. The maximum atomic E-state index is 5.23. The third kappa shape index (κ3) is 6.44. The zero-order valence-electron chi connectivity index (χ0n) is 13.6. The first kappa shape index (κ1) is 19.9. The van der Waals surface area contributed by atoms with Crippen LogP contribution >= 0.6 is 35.3 Å². The summed E-state index contributed by atoms with van der Waals surface area (Å²) in [6.45, 7) is 4.05. The quantitative estimate of drug-likeness (QED) is 0.407. The zero-order valence-corrected chi connectivity index (χ0v) is 16.8. The zero-order chi connectivity index (χ0) is 15.8. The molecular weight excluding hydrogens is 423 g/mol. The number of aryl methyl sites for hydroxylation is 1. The van der Waals surface area contributed by atoms with Crippen LogP contribution in [-0.4, -0.2) is 25.1 Å². The highest BCUT2D eigenvalue weighted by Gasteiger charge is 2.04. The summed E-state index contributed by atoms with van der Waals surface area (Å²) in [7, 11) is 3.48. The Kier molecular flexibility index (Phi) is 9.12. The molecule has 0 bridgehead atoms. The largest absolute Gasteiger partial charge is 0.380 e. The molecule has 0 aliphatic heterocycles. The number of nitrogens with zero attached hydrogens (tertiary/aromatic N) is 2. The Morgan fingerprint density at radius 3 is 2.52 bits per heavy atom. The second kappa shape index (κ2) is 10.6. The highest BCUT2D eigenvalue weighted by molar-refractivity contribution is 14.0. The van der Waals surface area contributed by atoms with E-state index in [-0.39, 0.29) is 24.0 Å². The number of guanidine groups is 1. The van der Waals surface area contributed by atoms with Crippen molar-refractivity contribution >= 4 is 41.3 Å². The lowest BCUT2D eigenvalue weighted by molar-refractivity contribution is 0.184. The Balaban J connectivity index is 0.00000264. The smallest absolute Gasteiger partial charge is 0.191 e. The molecule has 0 fully saturated rings. The van der Waals surface area contributed by atoms with Crippen LogP contribution in [0.1, 0.15) is 21.0 Å². The fourth-order valence-electron chi connectivity index (χ4n) is 2.07. The van der Waals surface area contributed by atoms with Crippen molar-refractivity contribution in [3.63, 3.8) is 0 Å². The van der Waals surface area contributed by atoms with E-state index in [1.54, 1.807) is 25.5 Å². The molecule has 0 saturated heterocycles. The van der Waals surface area contributed by atoms with E-state index in [9.17, 15) is 0 Å². The van der Waals surface area contributed by atoms with Gasteiger partial charge in [0.1, 0.15) is 5.01 Å². The maximum absolute atomic E-state index is 5.23. The van der Waals surface area contributed by atoms with Gasteiger partial charge in [0.15, 0.2) is 5.96 Å². The first-order valence-electron chi connectivity index (χ1n) is 7.14. The topological polar surface area (TPSA) is 58.5 Å². The summed E-state index contributed by atoms with van der Waals surface area (Å²) in [5.74, 6) is 0.764. The van der Waals surface area contributed by atoms with E-state index in [1.165, 1.54) is 16.0 Å². The number of aromatic nitrogens is 1. The summed E-state index contributed by atoms with van der Waals surface area (Å²) in [5, 5.41) is 7.65. The van der Waals surface area contributed by atoms with Crippen molar-refractivity contribution in [1.82, 2.24) is 15.6 Å². The second-order valence-electron chi connectivity index (χ2n) is 4.85. The van der Waals surface area contributed by atoms with Gasteiger partial charge in [0.2, 0.25) is 0 Å². The standard InChI is InChI=1S/C16H22N4OS.HI/c1-12-8-18-15(22-12)10-20-16(17-2)19-9-13-6-4-5-7-14(13)11-21-3;/h4-8H,9-11H2,1-3H3,(H2,17,19,20);1H. The lowest BCUT2D eigenvalue weighted by Gasteiger charge is -2.13. The number of thiazole rings is 1. The predicted octanol–water partition coefficient (Wildman–Crippen LogP) is 3.08. The van der Waals surface area contributed by atoms with Crippen LogP contribution in [0.4, 0.5) is 0 Å². The minimum Gasteiger partial charge on any atom is -0.380 e. The van der Waals surface area contributed by atoms with E-state index in [0.29, 0.717) is 19.7 Å². The van der Waals surface area contributed by atoms with Crippen LogP contribution in [0.2, 0.25) is 0 Å². The molecule has 1 aromatic heterocycles. The van der Waals surface area contributed by atoms with E-state index in [0.717, 1.165) is 11.0 Å². The molecule has 2 N–H and O–H groups in total. The molecule has 0 unspecified atom stereocenters. The van der Waals surface area contributed by atoms with Gasteiger partial charge in [-0.3, -0.25) is 4.99 Å². The SMILES string of the molecule is CN=C(NCc1ncc(C)s1)NCc1ccccc1COC.I. The summed E-state index contributed by atoms with van der Waals surface area (Å²) < 4.78 is 5.23. The molecule has 23 heavy (non-hydrogen) atoms. The van der Waals surface area contributed by atoms with Gasteiger partial charge >= 0.3 is 0 Å². The highest BCUT2D eigenvalue weighted by atomic mass is 127. The number of nitrogens with one attached hydrogen (secondary N) is 2. The van der Waals surface area contributed by atoms with Gasteiger partial charge in [0.05, 0.1) is 13.2 Å². The molecule has 1 heterocycles. The molecule has 1 aromatic carbocycles. The molecule has 0 amide bonds. The molecule has 2 rings (SSSR count). The van der Waals surface area contributed by atoms with Crippen LogP contribution in [-0.2, 0) is 24.4 Å². The van der Waals surface area contributed by atoms with Gasteiger partial charge in [-0.05, 0) is 18.1 Å². The molecule has 0 saturated carbocycles. The number of halogens is 1. The van der Waals surface area contributed by atoms with Crippen LogP contribution in [0.15, 0.2) is 35.5 Å². The van der Waals surface area contributed by atoms with E-state index < -0.39 is 0 Å². The van der Waals surface area contributed by atoms with Crippen molar-refractivity contribution in [3.8, 4) is 0 Å². The van der Waals surface area contributed by atoms with Crippen molar-refractivity contribution in [1.29, 1.82) is 0 Å². The third-order valence-electron chi connectivity index (χ3n) is 3.16. The second-order valence-corrected chi connectivity index (χ2v) is 6.17. The lowest BCUT2D eigenvalue weighted by atomic mass is 10.1. The van der Waals surface area contributed by atoms with E-state index >= 15 is 0 Å². The van der Waals surface area contributed by atoms with Gasteiger partial charge in [-0.15, -0.1) is 35.3 Å². The molecule has 0 spiro atoms. The Bertz CT molecular complexity index is 630. The van der Waals surface area contributed by atoms with Crippen LogP contribution < -0.4 is 10.6 Å². The first-order valence-corrected chi connectivity index (χ1v) is 7.96. The van der Waals surface area contributed by atoms with Gasteiger partial charge in [0.25, 0.3) is 0 Å². The van der Waals surface area contributed by atoms with Crippen LogP contribution in [0.3, 0.4) is 0 Å². The van der Waals surface area contributed by atoms with Gasteiger partial charge in [-0.2, -0.15) is 0 Å². The number of hydrogen-bond acceptors (Lipinski definition) is 4. The Labute approximate surface area is 158 Å². The predicted molar refractivity (Wildman–Crippen MR) is 106 cm³/mol. The minimum absolute atomic E-state index is 0. The normalized spacial score (nSPS) is 11.0. The van der Waals surface area contributed by atoms with Crippen molar-refractivity contribution in [3.05, 3.63) is 51.5 Å². The lowest BCUT2D eigenvalue weighted by Crippen LogP contribution is -2.36. The van der Waals surface area contributed by atoms with Crippen molar-refractivity contribution in [2.75, 3.05) is 14.2 Å². The Morgan fingerprint density at radius 1 is 1.22 bits per heavy atom. The van der Waals surface area contributed by atoms with E-state index in [1.807, 2.05) is 18.3 Å². The fraction of sp³-hybridized carbons (Fsp3) is 0.375. The van der Waals surface area contributed by atoms with Crippen LogP contribution in [0.5, 0.6) is 0 Å². The first-order chi connectivity index (χ1) is 10.7. The van der Waals surface area contributed by atoms with Crippen LogP contribution in [0.25, 0.3) is 0 Å². The molecule has 126 valence electrons. The fourth-order valence-corrected chi connectivity index (χ4v) is 2.80. The van der Waals surface area contributed by atoms with Crippen molar-refractivity contribution in [2.24, 2.45) is 4.99 Å². The van der Waals surface area contributed by atoms with Crippen molar-refractivity contribution < 1.29 is 4.74 Å². The average Bonchev–Trinajstić information content (AvgIpc) is 2.95. The number of aliphatic imine (C=N–C) groups is 1. The monoisotopic (exact) mass is 446 g/mol. The Morgan fingerprint density at radius 2 is 1.91 bits per heavy atom. The van der Waals surface area contributed by atoms with Crippen LogP contribution in [0, 0.1) is 6.92 Å². The van der Waals surface area contributed by atoms with Gasteiger partial charge in [0, 0.05) is 31.8 Å². The molecular formula is C16H23IN4OS. The summed E-state index contributed by atoms with van der Waals surface area (Å²) in [6.07, 6.45) is 1.89. The maximum Gasteiger partial charge on any atom is 0.191 e. The molecule has 0 aliphatic carbocycles. The third-order valence-corrected chi connectivity index (χ3v) is 4.08. The van der Waals surface area contributed by atoms with Crippen molar-refractivity contribution in [2.45, 2.75) is 26.6 Å². The number of ether oxygens (including phenoxy) is 1. The average molecular weight is 446 g/mol. The number of methoxy groups -OCH3 is 1. The minimum atomic E-state index is 0. The van der Waals surface area contributed by atoms with Gasteiger partial charge in [-0.25, -0.2) is 4.98 Å². The number of hydrogen-bond donors (Lipinski definition) is 2. The summed E-state index contributed by atoms with van der Waals surface area (Å²) in [4.78, 5) is 9.79. The highest BCUT2D eigenvalue weighted by Crippen LogP contribution is 2.11. The number of rotatable bonds is 6. The molecule has 5 nitrogen and oxygen atoms in total. The summed E-state index contributed by atoms with van der Waals surface area (Å²) in [6, 6.07) is 8.23. The molecule has 0 aliphatic rings. The molecule has 7 heteroatoms. The summed E-state index contributed by atoms with van der Waals surface area (Å²) >= 11 is 1.69. The summed E-state index contributed by atoms with van der Waals surface area (Å²) in [5.41, 5.74) is 2.39. The van der Waals surface area contributed by atoms with Gasteiger partial charge < -0.3 is 15.4 Å².